The third kappa shape index (κ3) is 2.06. The van der Waals surface area contributed by atoms with Gasteiger partial charge in [0.1, 0.15) is 5.75 Å². The Hall–Kier alpha value is -1.06. The van der Waals surface area contributed by atoms with Gasteiger partial charge >= 0.3 is 0 Å². The van der Waals surface area contributed by atoms with E-state index in [0.29, 0.717) is 0 Å². The van der Waals surface area contributed by atoms with Crippen molar-refractivity contribution in [3.05, 3.63) is 40.4 Å². The van der Waals surface area contributed by atoms with E-state index in [4.69, 9.17) is 9.47 Å². The molecule has 0 saturated carbocycles. The second-order valence-corrected chi connectivity index (χ2v) is 4.44. The van der Waals surface area contributed by atoms with E-state index in [-0.39, 0.29) is 6.79 Å². The van der Waals surface area contributed by atoms with Gasteiger partial charge in [0.25, 0.3) is 0 Å². The lowest BCUT2D eigenvalue weighted by atomic mass is 10.0. The Morgan fingerprint density at radius 3 is 2.75 bits per heavy atom. The Kier molecular flexibility index (Phi) is 3.46. The molecule has 0 aliphatic carbocycles. The largest absolute Gasteiger partial charge is 0.466 e. The Bertz CT molecular complexity index is 509. The summed E-state index contributed by atoms with van der Waals surface area (Å²) in [4.78, 5) is 0. The zero-order valence-corrected chi connectivity index (χ0v) is 10.9. The van der Waals surface area contributed by atoms with Crippen LogP contribution in [0.2, 0.25) is 0 Å². The molecule has 2 nitrogen and oxygen atoms in total. The minimum Gasteiger partial charge on any atom is -0.466 e. The van der Waals surface area contributed by atoms with Gasteiger partial charge in [-0.2, -0.15) is 0 Å². The van der Waals surface area contributed by atoms with Gasteiger partial charge in [-0.15, -0.1) is 0 Å². The highest BCUT2D eigenvalue weighted by Gasteiger charge is 2.09. The van der Waals surface area contributed by atoms with Gasteiger partial charge in [0.05, 0.1) is 4.47 Å². The average Bonchev–Trinajstić information content (AvgIpc) is 2.29. The normalized spacial score (nSPS) is 10.7. The zero-order chi connectivity index (χ0) is 11.5. The smallest absolute Gasteiger partial charge is 0.188 e. The monoisotopic (exact) mass is 280 g/mol. The maximum absolute atomic E-state index is 5.56. The number of methoxy groups -OCH3 is 1. The van der Waals surface area contributed by atoms with E-state index in [1.165, 1.54) is 10.8 Å². The first-order chi connectivity index (χ1) is 7.74. The predicted octanol–water partition coefficient (Wildman–Crippen LogP) is 3.89. The van der Waals surface area contributed by atoms with Gasteiger partial charge in [-0.1, -0.05) is 24.3 Å². The van der Waals surface area contributed by atoms with Crippen molar-refractivity contribution in [1.29, 1.82) is 0 Å². The Morgan fingerprint density at radius 1 is 1.25 bits per heavy atom. The van der Waals surface area contributed by atoms with E-state index in [9.17, 15) is 0 Å². The van der Waals surface area contributed by atoms with Gasteiger partial charge in [-0.05, 0) is 39.7 Å². The van der Waals surface area contributed by atoms with E-state index >= 15 is 0 Å². The average molecular weight is 281 g/mol. The summed E-state index contributed by atoms with van der Waals surface area (Å²) in [5.41, 5.74) is 1.13. The molecular weight excluding hydrogens is 268 g/mol. The summed E-state index contributed by atoms with van der Waals surface area (Å²) >= 11 is 3.52. The van der Waals surface area contributed by atoms with Crippen molar-refractivity contribution >= 4 is 26.7 Å². The van der Waals surface area contributed by atoms with Crippen LogP contribution in [0.5, 0.6) is 5.75 Å². The molecule has 2 rings (SSSR count). The van der Waals surface area contributed by atoms with Crippen LogP contribution in [0, 0.1) is 6.92 Å². The molecular formula is C13H13BrO2. The van der Waals surface area contributed by atoms with Crippen LogP contribution in [0.1, 0.15) is 5.56 Å². The van der Waals surface area contributed by atoms with Crippen molar-refractivity contribution in [3.63, 3.8) is 0 Å². The lowest BCUT2D eigenvalue weighted by molar-refractivity contribution is 0.0502. The van der Waals surface area contributed by atoms with Crippen LogP contribution in [-0.2, 0) is 4.74 Å². The van der Waals surface area contributed by atoms with Gasteiger partial charge in [-0.3, -0.25) is 0 Å². The standard InChI is InChI=1S/C13H13BrO2/c1-9-11-6-4-3-5-10(11)7-12(14)13(9)16-8-15-2/h3-7H,8H2,1-2H3. The van der Waals surface area contributed by atoms with E-state index in [0.717, 1.165) is 15.8 Å². The van der Waals surface area contributed by atoms with Crippen LogP contribution in [0.15, 0.2) is 34.8 Å². The molecule has 0 atom stereocenters. The van der Waals surface area contributed by atoms with Crippen molar-refractivity contribution in [2.24, 2.45) is 0 Å². The molecule has 84 valence electrons. The summed E-state index contributed by atoms with van der Waals surface area (Å²) in [6.45, 7) is 2.32. The Balaban J connectivity index is 2.56. The van der Waals surface area contributed by atoms with Gasteiger partial charge in [0.2, 0.25) is 0 Å². The lowest BCUT2D eigenvalue weighted by Crippen LogP contribution is -2.01. The minimum atomic E-state index is 0.262. The SMILES string of the molecule is COCOc1c(Br)cc2ccccc2c1C. The summed E-state index contributed by atoms with van der Waals surface area (Å²) in [7, 11) is 1.62. The number of hydrogen-bond acceptors (Lipinski definition) is 2. The fraction of sp³-hybridized carbons (Fsp3) is 0.231. The van der Waals surface area contributed by atoms with Gasteiger partial charge in [0.15, 0.2) is 6.79 Å². The predicted molar refractivity (Wildman–Crippen MR) is 68.9 cm³/mol. The summed E-state index contributed by atoms with van der Waals surface area (Å²) in [6, 6.07) is 10.3. The highest BCUT2D eigenvalue weighted by Crippen LogP contribution is 2.35. The number of rotatable bonds is 3. The number of benzene rings is 2. The van der Waals surface area contributed by atoms with Crippen LogP contribution >= 0.6 is 15.9 Å². The summed E-state index contributed by atoms with van der Waals surface area (Å²) < 4.78 is 11.4. The maximum Gasteiger partial charge on any atom is 0.188 e. The number of aryl methyl sites for hydroxylation is 1. The Labute approximate surface area is 103 Å². The molecule has 0 amide bonds. The van der Waals surface area contributed by atoms with Gasteiger partial charge in [0, 0.05) is 12.7 Å². The molecule has 0 aliphatic rings. The fourth-order valence-corrected chi connectivity index (χ4v) is 2.42. The van der Waals surface area contributed by atoms with E-state index in [2.05, 4.69) is 41.1 Å². The molecule has 0 aliphatic heterocycles. The summed E-state index contributed by atoms with van der Waals surface area (Å²) in [5, 5.41) is 2.41. The molecule has 0 radical (unpaired) electrons. The van der Waals surface area contributed by atoms with Crippen molar-refractivity contribution in [2.75, 3.05) is 13.9 Å². The summed E-state index contributed by atoms with van der Waals surface area (Å²) in [6.07, 6.45) is 0. The van der Waals surface area contributed by atoms with Crippen LogP contribution in [-0.4, -0.2) is 13.9 Å². The molecule has 0 aromatic heterocycles. The van der Waals surface area contributed by atoms with Gasteiger partial charge < -0.3 is 9.47 Å². The van der Waals surface area contributed by atoms with E-state index in [1.807, 2.05) is 12.1 Å². The molecule has 0 bridgehead atoms. The van der Waals surface area contributed by atoms with Crippen LogP contribution in [0.3, 0.4) is 0 Å². The number of halogens is 1. The van der Waals surface area contributed by atoms with E-state index < -0.39 is 0 Å². The number of hydrogen-bond donors (Lipinski definition) is 0. The number of ether oxygens (including phenoxy) is 2. The first-order valence-electron chi connectivity index (χ1n) is 5.03. The minimum absolute atomic E-state index is 0.262. The van der Waals surface area contributed by atoms with Crippen LogP contribution in [0.25, 0.3) is 10.8 Å². The molecule has 0 unspecified atom stereocenters. The van der Waals surface area contributed by atoms with Gasteiger partial charge in [-0.25, -0.2) is 0 Å². The van der Waals surface area contributed by atoms with Crippen molar-refractivity contribution < 1.29 is 9.47 Å². The van der Waals surface area contributed by atoms with Crippen molar-refractivity contribution in [1.82, 2.24) is 0 Å². The highest BCUT2D eigenvalue weighted by atomic mass is 79.9. The first-order valence-corrected chi connectivity index (χ1v) is 5.83. The highest BCUT2D eigenvalue weighted by molar-refractivity contribution is 9.10. The van der Waals surface area contributed by atoms with Crippen molar-refractivity contribution in [2.45, 2.75) is 6.92 Å². The lowest BCUT2D eigenvalue weighted by Gasteiger charge is -2.12. The molecule has 0 heterocycles. The second-order valence-electron chi connectivity index (χ2n) is 3.58. The van der Waals surface area contributed by atoms with Crippen LogP contribution < -0.4 is 4.74 Å². The number of fused-ring (bicyclic) bond motifs is 1. The summed E-state index contributed by atoms with van der Waals surface area (Å²) in [5.74, 6) is 0.848. The van der Waals surface area contributed by atoms with E-state index in [1.54, 1.807) is 7.11 Å². The first kappa shape index (κ1) is 11.4. The molecule has 2 aromatic carbocycles. The zero-order valence-electron chi connectivity index (χ0n) is 9.29. The molecule has 0 saturated heterocycles. The van der Waals surface area contributed by atoms with Crippen LogP contribution in [0.4, 0.5) is 0 Å². The molecule has 2 aromatic rings. The molecule has 3 heteroatoms. The fourth-order valence-electron chi connectivity index (χ4n) is 1.76. The third-order valence-corrected chi connectivity index (χ3v) is 3.11. The van der Waals surface area contributed by atoms with Crippen molar-refractivity contribution in [3.8, 4) is 5.75 Å². The Morgan fingerprint density at radius 2 is 2.00 bits per heavy atom. The molecule has 0 spiro atoms. The third-order valence-electron chi connectivity index (χ3n) is 2.53. The maximum atomic E-state index is 5.56. The topological polar surface area (TPSA) is 18.5 Å². The quantitative estimate of drug-likeness (QED) is 0.794. The molecule has 0 fully saturated rings. The molecule has 0 N–H and O–H groups in total. The molecule has 16 heavy (non-hydrogen) atoms. The second kappa shape index (κ2) is 4.85.